The number of aromatic nitrogens is 1. The number of allylic oxidation sites excluding steroid dienone is 2. The van der Waals surface area contributed by atoms with E-state index >= 15 is 0 Å². The van der Waals surface area contributed by atoms with E-state index in [1.54, 1.807) is 0 Å². The van der Waals surface area contributed by atoms with Crippen molar-refractivity contribution in [3.63, 3.8) is 0 Å². The van der Waals surface area contributed by atoms with Gasteiger partial charge in [-0.15, -0.1) is 0 Å². The SMILES string of the molecule is CC(Cc1nc(C)ccc1C)=C(C)c1ccc(C)cc1. The quantitative estimate of drug-likeness (QED) is 0.757. The zero-order valence-electron chi connectivity index (χ0n) is 13.1. The van der Waals surface area contributed by atoms with Crippen molar-refractivity contribution in [3.8, 4) is 0 Å². The van der Waals surface area contributed by atoms with Crippen molar-refractivity contribution >= 4 is 5.57 Å². The van der Waals surface area contributed by atoms with E-state index in [4.69, 9.17) is 0 Å². The molecule has 0 N–H and O–H groups in total. The molecule has 0 spiro atoms. The third-order valence-corrected chi connectivity index (χ3v) is 3.90. The normalized spacial score (nSPS) is 12.2. The van der Waals surface area contributed by atoms with E-state index in [2.05, 4.69) is 76.0 Å². The fourth-order valence-corrected chi connectivity index (χ4v) is 2.29. The Morgan fingerprint density at radius 1 is 0.900 bits per heavy atom. The third-order valence-electron chi connectivity index (χ3n) is 3.90. The second kappa shape index (κ2) is 6.04. The van der Waals surface area contributed by atoms with E-state index in [0.29, 0.717) is 0 Å². The van der Waals surface area contributed by atoms with Crippen LogP contribution in [0.1, 0.15) is 41.9 Å². The first kappa shape index (κ1) is 14.5. The van der Waals surface area contributed by atoms with Gasteiger partial charge in [0.1, 0.15) is 0 Å². The van der Waals surface area contributed by atoms with Crippen LogP contribution < -0.4 is 0 Å². The number of rotatable bonds is 3. The monoisotopic (exact) mass is 265 g/mol. The highest BCUT2D eigenvalue weighted by molar-refractivity contribution is 5.67. The molecular formula is C19H23N. The van der Waals surface area contributed by atoms with Gasteiger partial charge in [-0.2, -0.15) is 0 Å². The van der Waals surface area contributed by atoms with E-state index in [1.165, 1.54) is 33.5 Å². The van der Waals surface area contributed by atoms with Gasteiger partial charge in [0.2, 0.25) is 0 Å². The topological polar surface area (TPSA) is 12.9 Å². The van der Waals surface area contributed by atoms with E-state index in [9.17, 15) is 0 Å². The van der Waals surface area contributed by atoms with E-state index in [-0.39, 0.29) is 0 Å². The van der Waals surface area contributed by atoms with Gasteiger partial charge in [-0.1, -0.05) is 41.5 Å². The molecular weight excluding hydrogens is 242 g/mol. The number of hydrogen-bond donors (Lipinski definition) is 0. The fraction of sp³-hybridized carbons (Fsp3) is 0.316. The predicted octanol–water partition coefficient (Wildman–Crippen LogP) is 5.04. The van der Waals surface area contributed by atoms with Crippen LogP contribution in [0, 0.1) is 20.8 Å². The summed E-state index contributed by atoms with van der Waals surface area (Å²) < 4.78 is 0. The summed E-state index contributed by atoms with van der Waals surface area (Å²) in [4.78, 5) is 4.67. The summed E-state index contributed by atoms with van der Waals surface area (Å²) in [6.07, 6.45) is 0.924. The van der Waals surface area contributed by atoms with Crippen molar-refractivity contribution in [1.82, 2.24) is 4.98 Å². The molecule has 1 heterocycles. The van der Waals surface area contributed by atoms with Gasteiger partial charge in [0.15, 0.2) is 0 Å². The summed E-state index contributed by atoms with van der Waals surface area (Å²) >= 11 is 0. The summed E-state index contributed by atoms with van der Waals surface area (Å²) in [6.45, 7) is 10.7. The van der Waals surface area contributed by atoms with Gasteiger partial charge in [-0.3, -0.25) is 4.98 Å². The Morgan fingerprint density at radius 2 is 1.55 bits per heavy atom. The molecule has 1 nitrogen and oxygen atoms in total. The average Bonchev–Trinajstić information content (AvgIpc) is 2.43. The molecule has 1 heteroatoms. The molecule has 2 rings (SSSR count). The number of aryl methyl sites for hydroxylation is 3. The van der Waals surface area contributed by atoms with Gasteiger partial charge in [0, 0.05) is 17.8 Å². The summed E-state index contributed by atoms with van der Waals surface area (Å²) in [5.74, 6) is 0. The minimum Gasteiger partial charge on any atom is -0.258 e. The van der Waals surface area contributed by atoms with E-state index < -0.39 is 0 Å². The summed E-state index contributed by atoms with van der Waals surface area (Å²) in [5, 5.41) is 0. The molecule has 0 bridgehead atoms. The molecule has 0 aliphatic rings. The smallest absolute Gasteiger partial charge is 0.0476 e. The Bertz CT molecular complexity index is 633. The zero-order valence-corrected chi connectivity index (χ0v) is 13.1. The maximum Gasteiger partial charge on any atom is 0.0476 e. The van der Waals surface area contributed by atoms with Crippen molar-refractivity contribution in [2.24, 2.45) is 0 Å². The van der Waals surface area contributed by atoms with E-state index in [1.807, 2.05) is 0 Å². The van der Waals surface area contributed by atoms with Crippen LogP contribution in [-0.4, -0.2) is 4.98 Å². The Kier molecular flexibility index (Phi) is 4.39. The van der Waals surface area contributed by atoms with Crippen molar-refractivity contribution in [3.05, 3.63) is 70.0 Å². The van der Waals surface area contributed by atoms with Crippen molar-refractivity contribution in [1.29, 1.82) is 0 Å². The van der Waals surface area contributed by atoms with Crippen LogP contribution in [0.2, 0.25) is 0 Å². The number of benzene rings is 1. The van der Waals surface area contributed by atoms with Crippen LogP contribution >= 0.6 is 0 Å². The second-order valence-electron chi connectivity index (χ2n) is 5.66. The van der Waals surface area contributed by atoms with Crippen LogP contribution in [0.25, 0.3) is 5.57 Å². The lowest BCUT2D eigenvalue weighted by Crippen LogP contribution is -1.98. The minimum atomic E-state index is 0.924. The Hall–Kier alpha value is -1.89. The molecule has 0 amide bonds. The first-order valence-corrected chi connectivity index (χ1v) is 7.14. The van der Waals surface area contributed by atoms with Gasteiger partial charge < -0.3 is 0 Å². The highest BCUT2D eigenvalue weighted by atomic mass is 14.7. The molecule has 0 atom stereocenters. The van der Waals surface area contributed by atoms with Gasteiger partial charge in [0.05, 0.1) is 0 Å². The van der Waals surface area contributed by atoms with Crippen molar-refractivity contribution in [2.75, 3.05) is 0 Å². The Labute approximate surface area is 122 Å². The fourth-order valence-electron chi connectivity index (χ4n) is 2.29. The van der Waals surface area contributed by atoms with E-state index in [0.717, 1.165) is 12.1 Å². The van der Waals surface area contributed by atoms with Gasteiger partial charge in [0.25, 0.3) is 0 Å². The minimum absolute atomic E-state index is 0.924. The van der Waals surface area contributed by atoms with Crippen LogP contribution in [0.3, 0.4) is 0 Å². The maximum atomic E-state index is 4.67. The van der Waals surface area contributed by atoms with Crippen molar-refractivity contribution < 1.29 is 0 Å². The van der Waals surface area contributed by atoms with Crippen LogP contribution in [-0.2, 0) is 6.42 Å². The molecule has 0 aliphatic heterocycles. The molecule has 1 aromatic heterocycles. The van der Waals surface area contributed by atoms with Gasteiger partial charge in [-0.05, 0) is 57.4 Å². The highest BCUT2D eigenvalue weighted by Crippen LogP contribution is 2.22. The number of hydrogen-bond acceptors (Lipinski definition) is 1. The predicted molar refractivity (Wildman–Crippen MR) is 86.9 cm³/mol. The Morgan fingerprint density at radius 3 is 2.20 bits per heavy atom. The lowest BCUT2D eigenvalue weighted by Gasteiger charge is -2.11. The summed E-state index contributed by atoms with van der Waals surface area (Å²) in [6, 6.07) is 13.0. The standard InChI is InChI=1S/C19H23N/c1-13-6-10-18(11-7-13)17(5)15(3)12-19-14(2)8-9-16(4)20-19/h6-11H,12H2,1-5H3. The Balaban J connectivity index is 2.29. The van der Waals surface area contributed by atoms with Gasteiger partial charge >= 0.3 is 0 Å². The second-order valence-corrected chi connectivity index (χ2v) is 5.66. The molecule has 0 saturated heterocycles. The molecule has 20 heavy (non-hydrogen) atoms. The molecule has 0 aliphatic carbocycles. The number of pyridine rings is 1. The first-order valence-electron chi connectivity index (χ1n) is 7.14. The van der Waals surface area contributed by atoms with Crippen LogP contribution in [0.15, 0.2) is 42.0 Å². The van der Waals surface area contributed by atoms with Gasteiger partial charge in [-0.25, -0.2) is 0 Å². The molecule has 0 fully saturated rings. The van der Waals surface area contributed by atoms with Crippen LogP contribution in [0.4, 0.5) is 0 Å². The van der Waals surface area contributed by atoms with Crippen molar-refractivity contribution in [2.45, 2.75) is 41.0 Å². The lowest BCUT2D eigenvalue weighted by molar-refractivity contribution is 0.993. The largest absolute Gasteiger partial charge is 0.258 e. The first-order chi connectivity index (χ1) is 9.47. The molecule has 0 saturated carbocycles. The number of nitrogens with zero attached hydrogens (tertiary/aromatic N) is 1. The summed E-state index contributed by atoms with van der Waals surface area (Å²) in [7, 11) is 0. The lowest BCUT2D eigenvalue weighted by atomic mass is 9.97. The molecule has 0 radical (unpaired) electrons. The molecule has 1 aromatic carbocycles. The zero-order chi connectivity index (χ0) is 14.7. The average molecular weight is 265 g/mol. The highest BCUT2D eigenvalue weighted by Gasteiger charge is 2.06. The molecule has 0 unspecified atom stereocenters. The molecule has 104 valence electrons. The van der Waals surface area contributed by atoms with Crippen LogP contribution in [0.5, 0.6) is 0 Å². The maximum absolute atomic E-state index is 4.67. The molecule has 2 aromatic rings. The third kappa shape index (κ3) is 3.36. The summed E-state index contributed by atoms with van der Waals surface area (Å²) in [5.41, 5.74) is 8.89.